The molecule has 1 aromatic heterocycles. The van der Waals surface area contributed by atoms with E-state index < -0.39 is 0 Å². The lowest BCUT2D eigenvalue weighted by Crippen LogP contribution is -2.25. The number of nitrogens with zero attached hydrogens (tertiary/aromatic N) is 4. The molecule has 0 bridgehead atoms. The molecule has 0 aliphatic carbocycles. The Morgan fingerprint density at radius 3 is 2.38 bits per heavy atom. The minimum Gasteiger partial charge on any atom is -0.396 e. The van der Waals surface area contributed by atoms with Crippen LogP contribution in [-0.2, 0) is 6.54 Å². The van der Waals surface area contributed by atoms with Crippen LogP contribution in [0, 0.1) is 0 Å². The lowest BCUT2D eigenvalue weighted by Gasteiger charge is -2.27. The van der Waals surface area contributed by atoms with Crippen LogP contribution in [0.15, 0.2) is 67.0 Å². The topological polar surface area (TPSA) is 54.2 Å². The molecule has 1 unspecified atom stereocenters. The van der Waals surface area contributed by atoms with Crippen molar-refractivity contribution >= 4 is 0 Å². The van der Waals surface area contributed by atoms with Gasteiger partial charge in [-0.15, -0.1) is 5.10 Å². The Morgan fingerprint density at radius 1 is 1.04 bits per heavy atom. The van der Waals surface area contributed by atoms with E-state index in [1.807, 2.05) is 55.6 Å². The summed E-state index contributed by atoms with van der Waals surface area (Å²) in [6.45, 7) is 0.773. The zero-order valence-corrected chi connectivity index (χ0v) is 13.8. The lowest BCUT2D eigenvalue weighted by molar-refractivity contribution is 0.177. The fourth-order valence-electron chi connectivity index (χ4n) is 2.85. The highest BCUT2D eigenvalue weighted by Gasteiger charge is 2.18. The number of aromatic nitrogens is 3. The van der Waals surface area contributed by atoms with Crippen LogP contribution in [0.2, 0.25) is 0 Å². The van der Waals surface area contributed by atoms with Crippen molar-refractivity contribution in [2.45, 2.75) is 19.0 Å². The van der Waals surface area contributed by atoms with Crippen LogP contribution < -0.4 is 0 Å². The zero-order chi connectivity index (χ0) is 16.8. The van der Waals surface area contributed by atoms with Gasteiger partial charge >= 0.3 is 0 Å². The molecule has 24 heavy (non-hydrogen) atoms. The van der Waals surface area contributed by atoms with Crippen LogP contribution in [0.1, 0.15) is 23.9 Å². The van der Waals surface area contributed by atoms with E-state index in [0.717, 1.165) is 11.5 Å². The molecule has 1 atom stereocenters. The van der Waals surface area contributed by atoms with Gasteiger partial charge < -0.3 is 5.11 Å². The lowest BCUT2D eigenvalue weighted by atomic mass is 10.0. The highest BCUT2D eigenvalue weighted by Crippen LogP contribution is 2.23. The normalized spacial score (nSPS) is 12.5. The summed E-state index contributed by atoms with van der Waals surface area (Å²) in [5.74, 6) is 0.764. The summed E-state index contributed by atoms with van der Waals surface area (Å²) in [5.41, 5.74) is 2.19. The number of aliphatic hydroxyl groups excluding tert-OH is 1. The highest BCUT2D eigenvalue weighted by atomic mass is 16.3. The van der Waals surface area contributed by atoms with Crippen molar-refractivity contribution in [3.05, 3.63) is 78.4 Å². The summed E-state index contributed by atoms with van der Waals surface area (Å²) < 4.78 is 1.78. The Bertz CT molecular complexity index is 742. The first-order valence-electron chi connectivity index (χ1n) is 8.10. The van der Waals surface area contributed by atoms with Gasteiger partial charge in [-0.3, -0.25) is 4.90 Å². The molecule has 1 heterocycles. The van der Waals surface area contributed by atoms with Crippen molar-refractivity contribution in [3.8, 4) is 5.69 Å². The molecule has 0 fully saturated rings. The maximum atomic E-state index is 9.40. The fourth-order valence-corrected chi connectivity index (χ4v) is 2.85. The Hall–Kier alpha value is -2.50. The Balaban J connectivity index is 1.73. The molecule has 0 spiro atoms. The third-order valence-corrected chi connectivity index (χ3v) is 4.07. The van der Waals surface area contributed by atoms with Gasteiger partial charge in [0.2, 0.25) is 0 Å². The van der Waals surface area contributed by atoms with Crippen LogP contribution in [0.3, 0.4) is 0 Å². The van der Waals surface area contributed by atoms with E-state index in [2.05, 4.69) is 27.1 Å². The Kier molecular flexibility index (Phi) is 5.36. The van der Waals surface area contributed by atoms with Crippen molar-refractivity contribution in [2.24, 2.45) is 0 Å². The molecule has 0 radical (unpaired) electrons. The molecule has 3 rings (SSSR count). The van der Waals surface area contributed by atoms with Crippen LogP contribution in [0.4, 0.5) is 0 Å². The minimum absolute atomic E-state index is 0.139. The predicted molar refractivity (Wildman–Crippen MR) is 93.7 cm³/mol. The average Bonchev–Trinajstić information content (AvgIpc) is 3.09. The van der Waals surface area contributed by atoms with Gasteiger partial charge in [-0.05, 0) is 31.2 Å². The molecule has 0 aliphatic rings. The van der Waals surface area contributed by atoms with E-state index in [1.54, 1.807) is 11.0 Å². The largest absolute Gasteiger partial charge is 0.396 e. The molecule has 3 aromatic rings. The van der Waals surface area contributed by atoms with Crippen molar-refractivity contribution in [1.29, 1.82) is 0 Å². The summed E-state index contributed by atoms with van der Waals surface area (Å²) >= 11 is 0. The van der Waals surface area contributed by atoms with Gasteiger partial charge in [-0.1, -0.05) is 48.5 Å². The van der Waals surface area contributed by atoms with Gasteiger partial charge in [0.15, 0.2) is 5.82 Å². The molecule has 1 N–H and O–H groups in total. The smallest absolute Gasteiger partial charge is 0.165 e. The molecule has 0 saturated carbocycles. The van der Waals surface area contributed by atoms with E-state index in [0.29, 0.717) is 13.0 Å². The molecule has 2 aromatic carbocycles. The molecule has 5 nitrogen and oxygen atoms in total. The van der Waals surface area contributed by atoms with Gasteiger partial charge in [0.25, 0.3) is 0 Å². The predicted octanol–water partition coefficient (Wildman–Crippen LogP) is 2.82. The number of hydrogen-bond acceptors (Lipinski definition) is 4. The van der Waals surface area contributed by atoms with E-state index in [-0.39, 0.29) is 12.6 Å². The van der Waals surface area contributed by atoms with Crippen LogP contribution >= 0.6 is 0 Å². The van der Waals surface area contributed by atoms with Crippen molar-refractivity contribution in [2.75, 3.05) is 13.7 Å². The third-order valence-electron chi connectivity index (χ3n) is 4.07. The second kappa shape index (κ2) is 7.86. The maximum absolute atomic E-state index is 9.40. The molecular formula is C19H22N4O. The SMILES string of the molecule is CN(Cc1ncn(-c2ccccc2)n1)C(CCO)c1ccccc1. The monoisotopic (exact) mass is 322 g/mol. The molecule has 124 valence electrons. The molecule has 5 heteroatoms. The maximum Gasteiger partial charge on any atom is 0.165 e. The average molecular weight is 322 g/mol. The zero-order valence-electron chi connectivity index (χ0n) is 13.8. The van der Waals surface area contributed by atoms with Crippen molar-refractivity contribution < 1.29 is 5.11 Å². The van der Waals surface area contributed by atoms with E-state index in [4.69, 9.17) is 0 Å². The van der Waals surface area contributed by atoms with Crippen LogP contribution in [-0.4, -0.2) is 38.4 Å². The van der Waals surface area contributed by atoms with Crippen molar-refractivity contribution in [3.63, 3.8) is 0 Å². The Morgan fingerprint density at radius 2 is 1.71 bits per heavy atom. The van der Waals surface area contributed by atoms with E-state index >= 15 is 0 Å². The summed E-state index contributed by atoms with van der Waals surface area (Å²) in [6.07, 6.45) is 2.42. The highest BCUT2D eigenvalue weighted by molar-refractivity contribution is 5.29. The standard InChI is InChI=1S/C19H22N4O/c1-22(18(12-13-24)16-8-4-2-5-9-16)14-19-20-15-23(21-19)17-10-6-3-7-11-17/h2-11,15,18,24H,12-14H2,1H3. The summed E-state index contributed by atoms with van der Waals surface area (Å²) in [4.78, 5) is 6.59. The first-order chi connectivity index (χ1) is 11.8. The second-order valence-corrected chi connectivity index (χ2v) is 5.79. The van der Waals surface area contributed by atoms with Gasteiger partial charge in [0.1, 0.15) is 6.33 Å². The first-order valence-corrected chi connectivity index (χ1v) is 8.10. The molecular weight excluding hydrogens is 300 g/mol. The summed E-state index contributed by atoms with van der Waals surface area (Å²) in [7, 11) is 2.04. The Labute approximate surface area is 142 Å². The fraction of sp³-hybridized carbons (Fsp3) is 0.263. The number of benzene rings is 2. The molecule has 0 saturated heterocycles. The van der Waals surface area contributed by atoms with Gasteiger partial charge in [-0.25, -0.2) is 9.67 Å². The van der Waals surface area contributed by atoms with Gasteiger partial charge in [0, 0.05) is 12.6 Å². The van der Waals surface area contributed by atoms with Crippen LogP contribution in [0.5, 0.6) is 0 Å². The van der Waals surface area contributed by atoms with E-state index in [9.17, 15) is 5.11 Å². The molecule has 0 amide bonds. The van der Waals surface area contributed by atoms with Gasteiger partial charge in [0.05, 0.1) is 12.2 Å². The number of rotatable bonds is 7. The number of hydrogen-bond donors (Lipinski definition) is 1. The summed E-state index contributed by atoms with van der Waals surface area (Å²) in [5, 5.41) is 14.0. The second-order valence-electron chi connectivity index (χ2n) is 5.79. The first kappa shape index (κ1) is 16.4. The minimum atomic E-state index is 0.139. The number of aliphatic hydroxyl groups is 1. The summed E-state index contributed by atoms with van der Waals surface area (Å²) in [6, 6.07) is 20.3. The quantitative estimate of drug-likeness (QED) is 0.727. The third kappa shape index (κ3) is 3.88. The van der Waals surface area contributed by atoms with Crippen LogP contribution in [0.25, 0.3) is 5.69 Å². The van der Waals surface area contributed by atoms with Crippen molar-refractivity contribution in [1.82, 2.24) is 19.7 Å². The van der Waals surface area contributed by atoms with Gasteiger partial charge in [-0.2, -0.15) is 0 Å². The molecule has 0 aliphatic heterocycles. The van der Waals surface area contributed by atoms with E-state index in [1.165, 1.54) is 5.56 Å². The number of para-hydroxylation sites is 1.